The van der Waals surface area contributed by atoms with Crippen LogP contribution in [0.1, 0.15) is 11.3 Å². The van der Waals surface area contributed by atoms with Crippen LogP contribution in [0.15, 0.2) is 29.9 Å². The van der Waals surface area contributed by atoms with Crippen molar-refractivity contribution < 1.29 is 22.4 Å². The molecule has 3 aromatic rings. The maximum atomic E-state index is 13.2. The van der Waals surface area contributed by atoms with Crippen LogP contribution in [0.3, 0.4) is 0 Å². The van der Waals surface area contributed by atoms with E-state index in [0.717, 1.165) is 6.07 Å². The zero-order valence-corrected chi connectivity index (χ0v) is 13.1. The van der Waals surface area contributed by atoms with Gasteiger partial charge in [0.05, 0.1) is 17.7 Å². The molecule has 0 aliphatic heterocycles. The number of anilines is 1. The SMILES string of the molecule is O=C(Cc1csc(-c2ncn[nH]2)n1)Nc1ccc(F)c(C(F)(F)F)c1. The summed E-state index contributed by atoms with van der Waals surface area (Å²) in [6, 6.07) is 2.26. The fourth-order valence-corrected chi connectivity index (χ4v) is 2.76. The summed E-state index contributed by atoms with van der Waals surface area (Å²) in [6.45, 7) is 0. The van der Waals surface area contributed by atoms with Gasteiger partial charge < -0.3 is 5.32 Å². The molecule has 0 radical (unpaired) electrons. The Kier molecular flexibility index (Phi) is 4.49. The number of thiazole rings is 1. The smallest absolute Gasteiger partial charge is 0.326 e. The lowest BCUT2D eigenvalue weighted by atomic mass is 10.1. The van der Waals surface area contributed by atoms with Crippen LogP contribution in [0.2, 0.25) is 0 Å². The van der Waals surface area contributed by atoms with E-state index in [2.05, 4.69) is 25.5 Å². The third kappa shape index (κ3) is 3.99. The van der Waals surface area contributed by atoms with Gasteiger partial charge in [-0.3, -0.25) is 9.89 Å². The highest BCUT2D eigenvalue weighted by Crippen LogP contribution is 2.33. The van der Waals surface area contributed by atoms with E-state index in [9.17, 15) is 22.4 Å². The molecule has 0 atom stereocenters. The highest BCUT2D eigenvalue weighted by atomic mass is 32.1. The number of carbonyl (C=O) groups excluding carboxylic acids is 1. The fourth-order valence-electron chi connectivity index (χ4n) is 2.00. The number of hydrogen-bond donors (Lipinski definition) is 2. The molecular formula is C14H9F4N5OS. The van der Waals surface area contributed by atoms with Gasteiger partial charge in [-0.25, -0.2) is 14.4 Å². The van der Waals surface area contributed by atoms with E-state index in [1.165, 1.54) is 17.7 Å². The van der Waals surface area contributed by atoms with Crippen molar-refractivity contribution in [3.63, 3.8) is 0 Å². The molecule has 0 bridgehead atoms. The second-order valence-electron chi connectivity index (χ2n) is 4.90. The van der Waals surface area contributed by atoms with Gasteiger partial charge in [0.2, 0.25) is 5.91 Å². The Balaban J connectivity index is 1.69. The number of H-pyrrole nitrogens is 1. The number of nitrogens with one attached hydrogen (secondary N) is 2. The van der Waals surface area contributed by atoms with E-state index < -0.39 is 23.5 Å². The van der Waals surface area contributed by atoms with Gasteiger partial charge >= 0.3 is 6.18 Å². The largest absolute Gasteiger partial charge is 0.419 e. The van der Waals surface area contributed by atoms with Crippen LogP contribution < -0.4 is 5.32 Å². The molecule has 0 fully saturated rings. The molecule has 0 saturated carbocycles. The number of halogens is 4. The molecule has 2 N–H and O–H groups in total. The van der Waals surface area contributed by atoms with E-state index in [0.29, 0.717) is 28.7 Å². The Hall–Kier alpha value is -2.82. The first-order valence-electron chi connectivity index (χ1n) is 6.79. The number of aromatic amines is 1. The van der Waals surface area contributed by atoms with Crippen LogP contribution in [0.5, 0.6) is 0 Å². The molecular weight excluding hydrogens is 362 g/mol. The molecule has 0 aliphatic rings. The normalized spacial score (nSPS) is 11.5. The minimum Gasteiger partial charge on any atom is -0.326 e. The molecule has 2 aromatic heterocycles. The predicted molar refractivity (Wildman–Crippen MR) is 81.2 cm³/mol. The molecule has 0 saturated heterocycles. The van der Waals surface area contributed by atoms with Crippen molar-refractivity contribution in [2.24, 2.45) is 0 Å². The third-order valence-corrected chi connectivity index (χ3v) is 3.96. The number of amides is 1. The van der Waals surface area contributed by atoms with E-state index >= 15 is 0 Å². The van der Waals surface area contributed by atoms with Gasteiger partial charge in [-0.05, 0) is 18.2 Å². The fraction of sp³-hybridized carbons (Fsp3) is 0.143. The first-order chi connectivity index (χ1) is 11.8. The average molecular weight is 371 g/mol. The van der Waals surface area contributed by atoms with Crippen LogP contribution in [0.4, 0.5) is 23.2 Å². The van der Waals surface area contributed by atoms with Gasteiger partial charge in [0.1, 0.15) is 12.1 Å². The van der Waals surface area contributed by atoms with Crippen LogP contribution in [-0.4, -0.2) is 26.1 Å². The molecule has 25 heavy (non-hydrogen) atoms. The second-order valence-corrected chi connectivity index (χ2v) is 5.75. The maximum absolute atomic E-state index is 13.2. The van der Waals surface area contributed by atoms with E-state index in [-0.39, 0.29) is 12.1 Å². The lowest BCUT2D eigenvalue weighted by Crippen LogP contribution is -2.16. The zero-order chi connectivity index (χ0) is 18.0. The lowest BCUT2D eigenvalue weighted by molar-refractivity contribution is -0.140. The van der Waals surface area contributed by atoms with E-state index in [1.807, 2.05) is 0 Å². The number of aromatic nitrogens is 4. The average Bonchev–Trinajstić information content (AvgIpc) is 3.19. The van der Waals surface area contributed by atoms with Crippen molar-refractivity contribution >= 4 is 22.9 Å². The second kappa shape index (κ2) is 6.59. The van der Waals surface area contributed by atoms with Crippen molar-refractivity contribution in [1.82, 2.24) is 20.2 Å². The van der Waals surface area contributed by atoms with Gasteiger partial charge in [-0.1, -0.05) is 0 Å². The summed E-state index contributed by atoms with van der Waals surface area (Å²) >= 11 is 1.24. The summed E-state index contributed by atoms with van der Waals surface area (Å²) in [5.74, 6) is -1.53. The number of benzene rings is 1. The molecule has 1 aromatic carbocycles. The molecule has 11 heteroatoms. The Morgan fingerprint density at radius 2 is 2.12 bits per heavy atom. The van der Waals surface area contributed by atoms with Gasteiger partial charge in [0.15, 0.2) is 10.8 Å². The van der Waals surface area contributed by atoms with Crippen molar-refractivity contribution in [2.45, 2.75) is 12.6 Å². The Labute approximate surface area is 141 Å². The Morgan fingerprint density at radius 1 is 1.32 bits per heavy atom. The highest BCUT2D eigenvalue weighted by Gasteiger charge is 2.34. The third-order valence-electron chi connectivity index (χ3n) is 3.07. The van der Waals surface area contributed by atoms with Gasteiger partial charge in [0.25, 0.3) is 0 Å². The standard InChI is InChI=1S/C14H9F4N5OS/c15-10-2-1-7(3-9(10)14(16,17)18)21-11(24)4-8-5-25-13(22-8)12-19-6-20-23-12/h1-3,5-6H,4H2,(H,21,24)(H,19,20,23). The molecule has 0 spiro atoms. The van der Waals surface area contributed by atoms with Crippen LogP contribution in [0, 0.1) is 5.82 Å². The van der Waals surface area contributed by atoms with E-state index in [4.69, 9.17) is 0 Å². The first kappa shape index (κ1) is 17.0. The summed E-state index contributed by atoms with van der Waals surface area (Å²) in [4.78, 5) is 20.1. The van der Waals surface area contributed by atoms with Crippen molar-refractivity contribution in [3.05, 3.63) is 47.0 Å². The van der Waals surface area contributed by atoms with Gasteiger partial charge in [-0.2, -0.15) is 18.3 Å². The van der Waals surface area contributed by atoms with Gasteiger partial charge in [0, 0.05) is 11.1 Å². The van der Waals surface area contributed by atoms with Crippen LogP contribution in [0.25, 0.3) is 10.8 Å². The highest BCUT2D eigenvalue weighted by molar-refractivity contribution is 7.13. The lowest BCUT2D eigenvalue weighted by Gasteiger charge is -2.10. The maximum Gasteiger partial charge on any atom is 0.419 e. The molecule has 0 unspecified atom stereocenters. The van der Waals surface area contributed by atoms with Crippen LogP contribution >= 0.6 is 11.3 Å². The number of rotatable bonds is 4. The number of hydrogen-bond acceptors (Lipinski definition) is 5. The molecule has 6 nitrogen and oxygen atoms in total. The predicted octanol–water partition coefficient (Wildman–Crippen LogP) is 3.27. The van der Waals surface area contributed by atoms with Crippen LogP contribution in [-0.2, 0) is 17.4 Å². The molecule has 2 heterocycles. The van der Waals surface area contributed by atoms with Crippen molar-refractivity contribution in [2.75, 3.05) is 5.32 Å². The van der Waals surface area contributed by atoms with E-state index in [1.54, 1.807) is 5.38 Å². The molecule has 0 aliphatic carbocycles. The summed E-state index contributed by atoms with van der Waals surface area (Å²) < 4.78 is 51.3. The number of carbonyl (C=O) groups is 1. The summed E-state index contributed by atoms with van der Waals surface area (Å²) in [5.41, 5.74) is -1.16. The van der Waals surface area contributed by atoms with Crippen molar-refractivity contribution in [1.29, 1.82) is 0 Å². The zero-order valence-electron chi connectivity index (χ0n) is 12.3. The quantitative estimate of drug-likeness (QED) is 0.690. The Morgan fingerprint density at radius 3 is 2.80 bits per heavy atom. The minimum absolute atomic E-state index is 0.149. The topological polar surface area (TPSA) is 83.6 Å². The van der Waals surface area contributed by atoms with Gasteiger partial charge in [-0.15, -0.1) is 11.3 Å². The molecule has 130 valence electrons. The van der Waals surface area contributed by atoms with Crippen molar-refractivity contribution in [3.8, 4) is 10.8 Å². The summed E-state index contributed by atoms with van der Waals surface area (Å²) in [7, 11) is 0. The first-order valence-corrected chi connectivity index (χ1v) is 7.67. The number of alkyl halides is 3. The molecule has 3 rings (SSSR count). The molecule has 1 amide bonds. The number of nitrogens with zero attached hydrogens (tertiary/aromatic N) is 3. The Bertz CT molecular complexity index is 891. The monoisotopic (exact) mass is 371 g/mol. The summed E-state index contributed by atoms with van der Waals surface area (Å²) in [5, 5.41) is 10.8. The minimum atomic E-state index is -4.84. The summed E-state index contributed by atoms with van der Waals surface area (Å²) in [6.07, 6.45) is -3.68.